The molecule has 1 unspecified atom stereocenters. The zero-order valence-electron chi connectivity index (χ0n) is 8.91. The molecule has 1 aromatic heterocycles. The lowest BCUT2D eigenvalue weighted by Crippen LogP contribution is -2.01. The molecule has 1 aromatic rings. The van der Waals surface area contributed by atoms with Crippen LogP contribution in [0, 0.1) is 0 Å². The van der Waals surface area contributed by atoms with Gasteiger partial charge in [0.05, 0.1) is 6.61 Å². The maximum atomic E-state index is 9.26. The first kappa shape index (κ1) is 11.7. The minimum atomic E-state index is 0.298. The fraction of sp³-hybridized carbons (Fsp3) is 0.667. The number of thiophene rings is 1. The van der Waals surface area contributed by atoms with Gasteiger partial charge in [-0.25, -0.2) is 0 Å². The Morgan fingerprint density at radius 2 is 2.21 bits per heavy atom. The summed E-state index contributed by atoms with van der Waals surface area (Å²) in [5.41, 5.74) is 0. The Morgan fingerprint density at radius 1 is 1.36 bits per heavy atom. The molecule has 0 saturated carbocycles. The maximum absolute atomic E-state index is 9.26. The van der Waals surface area contributed by atoms with E-state index in [9.17, 15) is 5.11 Å². The molecule has 1 heterocycles. The Kier molecular flexibility index (Phi) is 5.88. The summed E-state index contributed by atoms with van der Waals surface area (Å²) >= 11 is 1.76. The van der Waals surface area contributed by atoms with Gasteiger partial charge >= 0.3 is 0 Å². The van der Waals surface area contributed by atoms with Crippen molar-refractivity contribution >= 4 is 11.3 Å². The number of unbranched alkanes of at least 4 members (excludes halogenated alkanes) is 3. The van der Waals surface area contributed by atoms with Gasteiger partial charge in [0.2, 0.25) is 0 Å². The fourth-order valence-electron chi connectivity index (χ4n) is 1.66. The van der Waals surface area contributed by atoms with Gasteiger partial charge in [-0.3, -0.25) is 0 Å². The summed E-state index contributed by atoms with van der Waals surface area (Å²) in [6.07, 6.45) is 6.29. The van der Waals surface area contributed by atoms with E-state index in [1.165, 1.54) is 30.6 Å². The third-order valence-corrected chi connectivity index (χ3v) is 3.61. The van der Waals surface area contributed by atoms with E-state index in [4.69, 9.17) is 0 Å². The Balaban J connectivity index is 2.26. The molecule has 0 saturated heterocycles. The molecule has 0 aromatic carbocycles. The summed E-state index contributed by atoms with van der Waals surface area (Å²) in [5, 5.41) is 11.3. The van der Waals surface area contributed by atoms with Crippen molar-refractivity contribution in [2.24, 2.45) is 0 Å². The standard InChI is InChI=1S/C12H20OS/c1-2-3-4-5-7-11(10-13)12-8-6-9-14-12/h6,8-9,11,13H,2-5,7,10H2,1H3. The van der Waals surface area contributed by atoms with E-state index in [0.29, 0.717) is 12.5 Å². The van der Waals surface area contributed by atoms with Crippen molar-refractivity contribution < 1.29 is 5.11 Å². The smallest absolute Gasteiger partial charge is 0.0507 e. The van der Waals surface area contributed by atoms with Gasteiger partial charge in [0.15, 0.2) is 0 Å². The average Bonchev–Trinajstić information content (AvgIpc) is 2.71. The van der Waals surface area contributed by atoms with Gasteiger partial charge in [-0.15, -0.1) is 11.3 Å². The van der Waals surface area contributed by atoms with Crippen LogP contribution in [0.1, 0.15) is 49.8 Å². The second-order valence-corrected chi connectivity index (χ2v) is 4.72. The number of aliphatic hydroxyl groups excluding tert-OH is 1. The summed E-state index contributed by atoms with van der Waals surface area (Å²) in [5.74, 6) is 0.381. The first-order valence-electron chi connectivity index (χ1n) is 5.52. The predicted octanol–water partition coefficient (Wildman–Crippen LogP) is 3.79. The highest BCUT2D eigenvalue weighted by molar-refractivity contribution is 7.10. The third-order valence-electron chi connectivity index (χ3n) is 2.57. The second kappa shape index (κ2) is 7.02. The normalized spacial score (nSPS) is 13.0. The molecule has 1 N–H and O–H groups in total. The fourth-order valence-corrected chi connectivity index (χ4v) is 2.52. The van der Waals surface area contributed by atoms with Gasteiger partial charge in [0, 0.05) is 10.8 Å². The van der Waals surface area contributed by atoms with Crippen LogP contribution in [0.4, 0.5) is 0 Å². The molecule has 2 heteroatoms. The largest absolute Gasteiger partial charge is 0.396 e. The van der Waals surface area contributed by atoms with E-state index >= 15 is 0 Å². The minimum Gasteiger partial charge on any atom is -0.396 e. The molecule has 0 fully saturated rings. The van der Waals surface area contributed by atoms with E-state index < -0.39 is 0 Å². The van der Waals surface area contributed by atoms with E-state index in [2.05, 4.69) is 24.4 Å². The summed E-state index contributed by atoms with van der Waals surface area (Å²) in [7, 11) is 0. The topological polar surface area (TPSA) is 20.2 Å². The molecule has 0 aliphatic carbocycles. The average molecular weight is 212 g/mol. The van der Waals surface area contributed by atoms with Crippen LogP contribution in [0.25, 0.3) is 0 Å². The number of hydrogen-bond acceptors (Lipinski definition) is 2. The number of aliphatic hydroxyl groups is 1. The summed E-state index contributed by atoms with van der Waals surface area (Å²) < 4.78 is 0. The monoisotopic (exact) mass is 212 g/mol. The van der Waals surface area contributed by atoms with Crippen molar-refractivity contribution in [1.29, 1.82) is 0 Å². The maximum Gasteiger partial charge on any atom is 0.0507 e. The third kappa shape index (κ3) is 3.81. The number of hydrogen-bond donors (Lipinski definition) is 1. The molecule has 0 aliphatic heterocycles. The van der Waals surface area contributed by atoms with Crippen LogP contribution in [0.2, 0.25) is 0 Å². The zero-order valence-corrected chi connectivity index (χ0v) is 9.72. The molecular weight excluding hydrogens is 192 g/mol. The molecular formula is C12H20OS. The highest BCUT2D eigenvalue weighted by atomic mass is 32.1. The molecule has 80 valence electrons. The van der Waals surface area contributed by atoms with Crippen LogP contribution in [-0.4, -0.2) is 11.7 Å². The summed E-state index contributed by atoms with van der Waals surface area (Å²) in [4.78, 5) is 1.34. The Bertz CT molecular complexity index is 218. The van der Waals surface area contributed by atoms with Gasteiger partial charge in [-0.2, -0.15) is 0 Å². The Labute approximate surface area is 90.8 Å². The van der Waals surface area contributed by atoms with Crippen molar-refractivity contribution in [2.45, 2.75) is 44.9 Å². The van der Waals surface area contributed by atoms with Gasteiger partial charge in [0.1, 0.15) is 0 Å². The van der Waals surface area contributed by atoms with Gasteiger partial charge in [0.25, 0.3) is 0 Å². The molecule has 1 atom stereocenters. The van der Waals surface area contributed by atoms with Crippen molar-refractivity contribution in [3.05, 3.63) is 22.4 Å². The first-order valence-corrected chi connectivity index (χ1v) is 6.40. The van der Waals surface area contributed by atoms with E-state index in [1.807, 2.05) is 0 Å². The van der Waals surface area contributed by atoms with Crippen LogP contribution in [0.15, 0.2) is 17.5 Å². The highest BCUT2D eigenvalue weighted by Gasteiger charge is 2.10. The van der Waals surface area contributed by atoms with Gasteiger partial charge in [-0.1, -0.05) is 38.7 Å². The molecule has 0 bridgehead atoms. The summed E-state index contributed by atoms with van der Waals surface area (Å²) in [6.45, 7) is 2.52. The van der Waals surface area contributed by atoms with Crippen LogP contribution >= 0.6 is 11.3 Å². The zero-order chi connectivity index (χ0) is 10.2. The van der Waals surface area contributed by atoms with Crippen molar-refractivity contribution in [2.75, 3.05) is 6.61 Å². The minimum absolute atomic E-state index is 0.298. The van der Waals surface area contributed by atoms with E-state index in [1.54, 1.807) is 11.3 Å². The van der Waals surface area contributed by atoms with E-state index in [0.717, 1.165) is 6.42 Å². The van der Waals surface area contributed by atoms with Gasteiger partial charge < -0.3 is 5.11 Å². The predicted molar refractivity (Wildman–Crippen MR) is 62.9 cm³/mol. The van der Waals surface area contributed by atoms with Crippen molar-refractivity contribution in [3.8, 4) is 0 Å². The molecule has 0 radical (unpaired) electrons. The summed E-state index contributed by atoms with van der Waals surface area (Å²) in [6, 6.07) is 4.19. The van der Waals surface area contributed by atoms with Crippen LogP contribution in [0.5, 0.6) is 0 Å². The molecule has 1 rings (SSSR count). The highest BCUT2D eigenvalue weighted by Crippen LogP contribution is 2.25. The van der Waals surface area contributed by atoms with Crippen LogP contribution in [-0.2, 0) is 0 Å². The first-order chi connectivity index (χ1) is 6.88. The van der Waals surface area contributed by atoms with Crippen molar-refractivity contribution in [1.82, 2.24) is 0 Å². The van der Waals surface area contributed by atoms with Gasteiger partial charge in [-0.05, 0) is 17.9 Å². The Morgan fingerprint density at radius 3 is 2.79 bits per heavy atom. The van der Waals surface area contributed by atoms with E-state index in [-0.39, 0.29) is 0 Å². The molecule has 14 heavy (non-hydrogen) atoms. The lowest BCUT2D eigenvalue weighted by molar-refractivity contribution is 0.258. The van der Waals surface area contributed by atoms with Crippen LogP contribution in [0.3, 0.4) is 0 Å². The quantitative estimate of drug-likeness (QED) is 0.682. The molecule has 0 spiro atoms. The second-order valence-electron chi connectivity index (χ2n) is 3.74. The lowest BCUT2D eigenvalue weighted by Gasteiger charge is -2.11. The molecule has 1 nitrogen and oxygen atoms in total. The SMILES string of the molecule is CCCCCCC(CO)c1cccs1. The Hall–Kier alpha value is -0.340. The lowest BCUT2D eigenvalue weighted by atomic mass is 10.00. The molecule has 0 aliphatic rings. The van der Waals surface area contributed by atoms with Crippen molar-refractivity contribution in [3.63, 3.8) is 0 Å². The number of rotatable bonds is 7. The molecule has 0 amide bonds. The van der Waals surface area contributed by atoms with Crippen LogP contribution < -0.4 is 0 Å².